The van der Waals surface area contributed by atoms with E-state index >= 15 is 0 Å². The lowest BCUT2D eigenvalue weighted by molar-refractivity contribution is -0.140. The molecule has 21 heavy (non-hydrogen) atoms. The summed E-state index contributed by atoms with van der Waals surface area (Å²) in [6, 6.07) is 10.2. The average Bonchev–Trinajstić information content (AvgIpc) is 2.47. The van der Waals surface area contributed by atoms with Crippen LogP contribution in [-0.2, 0) is 4.79 Å². The first-order chi connectivity index (χ1) is 9.97. The molecule has 1 fully saturated rings. The molecule has 0 aromatic heterocycles. The second-order valence-electron chi connectivity index (χ2n) is 6.75. The first-order valence-electron chi connectivity index (χ1n) is 8.04. The molecule has 0 bridgehead atoms. The van der Waals surface area contributed by atoms with Gasteiger partial charge in [-0.15, -0.1) is 0 Å². The lowest BCUT2D eigenvalue weighted by atomic mass is 9.83. The Morgan fingerprint density at radius 3 is 2.57 bits per heavy atom. The maximum Gasteiger partial charge on any atom is 0.230 e. The van der Waals surface area contributed by atoms with Crippen LogP contribution in [0.4, 0.5) is 0 Å². The molecule has 1 aromatic rings. The Morgan fingerprint density at radius 2 is 2.00 bits per heavy atom. The molecule has 2 unspecified atom stereocenters. The van der Waals surface area contributed by atoms with Crippen LogP contribution in [0.15, 0.2) is 30.3 Å². The molecule has 3 nitrogen and oxygen atoms in total. The summed E-state index contributed by atoms with van der Waals surface area (Å²) in [6.45, 7) is 11.2. The Labute approximate surface area is 128 Å². The summed E-state index contributed by atoms with van der Waals surface area (Å²) in [5, 5.41) is 3.39. The second kappa shape index (κ2) is 6.61. The summed E-state index contributed by atoms with van der Waals surface area (Å²) >= 11 is 0. The van der Waals surface area contributed by atoms with Crippen LogP contribution in [0, 0.1) is 5.92 Å². The fourth-order valence-corrected chi connectivity index (χ4v) is 3.17. The monoisotopic (exact) mass is 288 g/mol. The predicted octanol–water partition coefficient (Wildman–Crippen LogP) is 3.03. The quantitative estimate of drug-likeness (QED) is 0.923. The van der Waals surface area contributed by atoms with Gasteiger partial charge in [0, 0.05) is 25.2 Å². The molecule has 1 saturated heterocycles. The van der Waals surface area contributed by atoms with Crippen LogP contribution < -0.4 is 5.32 Å². The van der Waals surface area contributed by atoms with E-state index in [2.05, 4.69) is 50.0 Å². The first kappa shape index (κ1) is 16.0. The summed E-state index contributed by atoms with van der Waals surface area (Å²) in [5.74, 6) is 0.598. The SMILES string of the molecule is CCC(C)C(C(=O)N1CCNCC1(C)C)c1ccccc1. The van der Waals surface area contributed by atoms with Gasteiger partial charge in [0.15, 0.2) is 0 Å². The third-order valence-corrected chi connectivity index (χ3v) is 4.70. The number of carbonyl (C=O) groups excluding carboxylic acids is 1. The van der Waals surface area contributed by atoms with Crippen molar-refractivity contribution in [3.05, 3.63) is 35.9 Å². The van der Waals surface area contributed by atoms with Gasteiger partial charge in [-0.2, -0.15) is 0 Å². The Kier molecular flexibility index (Phi) is 5.04. The highest BCUT2D eigenvalue weighted by Gasteiger charge is 2.38. The molecular weight excluding hydrogens is 260 g/mol. The molecule has 2 rings (SSSR count). The number of carbonyl (C=O) groups is 1. The molecule has 3 heteroatoms. The third kappa shape index (κ3) is 3.46. The molecule has 0 aliphatic carbocycles. The summed E-state index contributed by atoms with van der Waals surface area (Å²) in [4.78, 5) is 15.3. The van der Waals surface area contributed by atoms with Gasteiger partial charge in [0.05, 0.1) is 5.92 Å². The number of rotatable bonds is 4. The zero-order chi connectivity index (χ0) is 15.5. The highest BCUT2D eigenvalue weighted by Crippen LogP contribution is 2.31. The van der Waals surface area contributed by atoms with Gasteiger partial charge in [-0.3, -0.25) is 4.79 Å². The third-order valence-electron chi connectivity index (χ3n) is 4.70. The topological polar surface area (TPSA) is 32.3 Å². The molecule has 1 aliphatic heterocycles. The Hall–Kier alpha value is -1.35. The number of hydrogen-bond acceptors (Lipinski definition) is 2. The molecular formula is C18H28N2O. The standard InChI is InChI=1S/C18H28N2O/c1-5-14(2)16(15-9-7-6-8-10-15)17(21)20-12-11-19-13-18(20,3)4/h6-10,14,16,19H,5,11-13H2,1-4H3. The van der Waals surface area contributed by atoms with E-state index in [0.717, 1.165) is 31.6 Å². The maximum absolute atomic E-state index is 13.2. The van der Waals surface area contributed by atoms with Crippen molar-refractivity contribution in [2.24, 2.45) is 5.92 Å². The maximum atomic E-state index is 13.2. The summed E-state index contributed by atoms with van der Waals surface area (Å²) in [7, 11) is 0. The minimum atomic E-state index is -0.115. The molecule has 2 atom stereocenters. The molecule has 1 N–H and O–H groups in total. The normalized spacial score (nSPS) is 20.9. The summed E-state index contributed by atoms with van der Waals surface area (Å²) < 4.78 is 0. The van der Waals surface area contributed by atoms with Crippen LogP contribution in [0.3, 0.4) is 0 Å². The van der Waals surface area contributed by atoms with Crippen LogP contribution in [0.2, 0.25) is 0 Å². The van der Waals surface area contributed by atoms with Crippen molar-refractivity contribution in [3.8, 4) is 0 Å². The van der Waals surface area contributed by atoms with Crippen LogP contribution in [-0.4, -0.2) is 36.0 Å². The van der Waals surface area contributed by atoms with E-state index < -0.39 is 0 Å². The number of piperazine rings is 1. The lowest BCUT2D eigenvalue weighted by Gasteiger charge is -2.45. The van der Waals surface area contributed by atoms with Crippen LogP contribution >= 0.6 is 0 Å². The Bertz CT molecular complexity index is 469. The minimum Gasteiger partial charge on any atom is -0.334 e. The van der Waals surface area contributed by atoms with Crippen molar-refractivity contribution in [1.29, 1.82) is 0 Å². The molecule has 116 valence electrons. The molecule has 1 aromatic carbocycles. The number of nitrogens with one attached hydrogen (secondary N) is 1. The summed E-state index contributed by atoms with van der Waals surface area (Å²) in [5.41, 5.74) is 1.03. The number of hydrogen-bond donors (Lipinski definition) is 1. The smallest absolute Gasteiger partial charge is 0.230 e. The Morgan fingerprint density at radius 1 is 1.33 bits per heavy atom. The fourth-order valence-electron chi connectivity index (χ4n) is 3.17. The van der Waals surface area contributed by atoms with Crippen LogP contribution in [0.1, 0.15) is 45.6 Å². The predicted molar refractivity (Wildman–Crippen MR) is 87.3 cm³/mol. The van der Waals surface area contributed by atoms with Gasteiger partial charge < -0.3 is 10.2 Å². The van der Waals surface area contributed by atoms with Gasteiger partial charge in [0.25, 0.3) is 0 Å². The van der Waals surface area contributed by atoms with Crippen LogP contribution in [0.25, 0.3) is 0 Å². The summed E-state index contributed by atoms with van der Waals surface area (Å²) in [6.07, 6.45) is 1.01. The average molecular weight is 288 g/mol. The lowest BCUT2D eigenvalue weighted by Crippen LogP contribution is -2.61. The highest BCUT2D eigenvalue weighted by atomic mass is 16.2. The van der Waals surface area contributed by atoms with E-state index in [4.69, 9.17) is 0 Å². The largest absolute Gasteiger partial charge is 0.334 e. The van der Waals surface area contributed by atoms with Gasteiger partial charge in [0.2, 0.25) is 5.91 Å². The van der Waals surface area contributed by atoms with Gasteiger partial charge in [0.1, 0.15) is 0 Å². The molecule has 1 heterocycles. The number of amides is 1. The molecule has 1 aliphatic rings. The van der Waals surface area contributed by atoms with E-state index in [0.29, 0.717) is 5.92 Å². The molecule has 0 spiro atoms. The fraction of sp³-hybridized carbons (Fsp3) is 0.611. The van der Waals surface area contributed by atoms with Crippen molar-refractivity contribution in [2.75, 3.05) is 19.6 Å². The zero-order valence-corrected chi connectivity index (χ0v) is 13.7. The first-order valence-corrected chi connectivity index (χ1v) is 8.04. The van der Waals surface area contributed by atoms with Crippen LogP contribution in [0.5, 0.6) is 0 Å². The van der Waals surface area contributed by atoms with E-state index in [9.17, 15) is 4.79 Å². The number of benzene rings is 1. The van der Waals surface area contributed by atoms with E-state index in [-0.39, 0.29) is 17.4 Å². The molecule has 0 saturated carbocycles. The van der Waals surface area contributed by atoms with Gasteiger partial charge in [-0.05, 0) is 25.3 Å². The minimum absolute atomic E-state index is 0.0337. The van der Waals surface area contributed by atoms with Crippen molar-refractivity contribution < 1.29 is 4.79 Å². The van der Waals surface area contributed by atoms with E-state index in [1.807, 2.05) is 18.2 Å². The number of nitrogens with zero attached hydrogens (tertiary/aromatic N) is 1. The highest BCUT2D eigenvalue weighted by molar-refractivity contribution is 5.85. The second-order valence-corrected chi connectivity index (χ2v) is 6.75. The van der Waals surface area contributed by atoms with Gasteiger partial charge in [-0.1, -0.05) is 50.6 Å². The Balaban J connectivity index is 2.30. The van der Waals surface area contributed by atoms with E-state index in [1.54, 1.807) is 0 Å². The molecule has 1 amide bonds. The van der Waals surface area contributed by atoms with Crippen molar-refractivity contribution >= 4 is 5.91 Å². The van der Waals surface area contributed by atoms with Gasteiger partial charge in [-0.25, -0.2) is 0 Å². The molecule has 0 radical (unpaired) electrons. The van der Waals surface area contributed by atoms with Crippen molar-refractivity contribution in [3.63, 3.8) is 0 Å². The van der Waals surface area contributed by atoms with Crippen molar-refractivity contribution in [2.45, 2.75) is 45.6 Å². The van der Waals surface area contributed by atoms with Crippen molar-refractivity contribution in [1.82, 2.24) is 10.2 Å². The zero-order valence-electron chi connectivity index (χ0n) is 13.7. The van der Waals surface area contributed by atoms with E-state index in [1.165, 1.54) is 0 Å². The van der Waals surface area contributed by atoms with Gasteiger partial charge >= 0.3 is 0 Å².